The summed E-state index contributed by atoms with van der Waals surface area (Å²) in [4.78, 5) is 13.0. The van der Waals surface area contributed by atoms with Crippen molar-refractivity contribution in [1.82, 2.24) is 0 Å². The highest BCUT2D eigenvalue weighted by Gasteiger charge is 2.37. The minimum Gasteiger partial charge on any atom is -0.488 e. The van der Waals surface area contributed by atoms with Crippen LogP contribution in [-0.2, 0) is 11.4 Å². The number of hydrogen-bond acceptors (Lipinski definition) is 4. The lowest BCUT2D eigenvalue weighted by Gasteiger charge is -2.15. The first-order chi connectivity index (χ1) is 17.1. The van der Waals surface area contributed by atoms with Gasteiger partial charge >= 0.3 is 0 Å². The normalized spacial score (nSPS) is 14.3. The molecule has 4 rings (SSSR count). The number of carbonyl (C=O) groups is 1. The predicted octanol–water partition coefficient (Wildman–Crippen LogP) is 6.29. The van der Waals surface area contributed by atoms with Crippen LogP contribution >= 0.6 is 11.6 Å². The molecule has 0 saturated carbocycles. The number of hydrazone groups is 1. The number of nitriles is 1. The van der Waals surface area contributed by atoms with Crippen LogP contribution < -0.4 is 9.75 Å². The van der Waals surface area contributed by atoms with E-state index in [2.05, 4.69) is 5.10 Å². The zero-order valence-corrected chi connectivity index (χ0v) is 19.0. The number of amides is 1. The highest BCUT2D eigenvalue weighted by molar-refractivity contribution is 6.33. The molecule has 36 heavy (non-hydrogen) atoms. The first-order valence-corrected chi connectivity index (χ1v) is 10.5. The second-order valence-corrected chi connectivity index (χ2v) is 7.96. The largest absolute Gasteiger partial charge is 0.488 e. The molecule has 182 valence electrons. The van der Waals surface area contributed by atoms with Gasteiger partial charge in [0.2, 0.25) is 5.82 Å². The Morgan fingerprint density at radius 3 is 2.33 bits per heavy atom. The van der Waals surface area contributed by atoms with E-state index in [0.29, 0.717) is 11.1 Å². The number of nitrogens with zero attached hydrogens (tertiary/aromatic N) is 3. The van der Waals surface area contributed by atoms with Crippen molar-refractivity contribution < 1.29 is 31.5 Å². The van der Waals surface area contributed by atoms with Gasteiger partial charge in [-0.3, -0.25) is 4.79 Å². The van der Waals surface area contributed by atoms with Gasteiger partial charge in [-0.2, -0.15) is 15.4 Å². The van der Waals surface area contributed by atoms with E-state index in [0.717, 1.165) is 0 Å². The molecular formula is C25H13ClF5N3O2. The van der Waals surface area contributed by atoms with Crippen LogP contribution in [0.1, 0.15) is 23.6 Å². The molecule has 3 aromatic carbocycles. The van der Waals surface area contributed by atoms with Crippen LogP contribution in [0.4, 0.5) is 27.6 Å². The summed E-state index contributed by atoms with van der Waals surface area (Å²) in [5.41, 5.74) is -0.461. The molecule has 0 bridgehead atoms. The topological polar surface area (TPSA) is 65.7 Å². The zero-order valence-electron chi connectivity index (χ0n) is 18.3. The molecule has 1 heterocycles. The van der Waals surface area contributed by atoms with Crippen LogP contribution in [0.5, 0.6) is 5.75 Å². The van der Waals surface area contributed by atoms with Gasteiger partial charge in [-0.25, -0.2) is 22.0 Å². The molecule has 5 nitrogen and oxygen atoms in total. The molecule has 1 aliphatic rings. The minimum atomic E-state index is -2.35. The molecule has 0 radical (unpaired) electrons. The molecule has 0 saturated heterocycles. The van der Waals surface area contributed by atoms with Gasteiger partial charge < -0.3 is 4.74 Å². The van der Waals surface area contributed by atoms with E-state index in [9.17, 15) is 32.0 Å². The Hall–Kier alpha value is -4.23. The van der Waals surface area contributed by atoms with Crippen molar-refractivity contribution in [1.29, 1.82) is 5.26 Å². The van der Waals surface area contributed by atoms with Crippen molar-refractivity contribution in [2.75, 3.05) is 5.01 Å². The van der Waals surface area contributed by atoms with E-state index in [1.54, 1.807) is 24.3 Å². The Labute approximate surface area is 206 Å². The summed E-state index contributed by atoms with van der Waals surface area (Å²) in [6.45, 7) is 1.32. The molecule has 3 aromatic rings. The summed E-state index contributed by atoms with van der Waals surface area (Å²) in [7, 11) is 0. The molecule has 11 heteroatoms. The van der Waals surface area contributed by atoms with Crippen LogP contribution in [0, 0.1) is 40.4 Å². The fourth-order valence-electron chi connectivity index (χ4n) is 3.44. The smallest absolute Gasteiger partial charge is 0.280 e. The lowest BCUT2D eigenvalue weighted by molar-refractivity contribution is -0.114. The van der Waals surface area contributed by atoms with Gasteiger partial charge in [-0.1, -0.05) is 29.8 Å². The minimum absolute atomic E-state index is 0.000756. The first-order valence-electron chi connectivity index (χ1n) is 10.2. The van der Waals surface area contributed by atoms with Gasteiger partial charge in [0, 0.05) is 16.1 Å². The van der Waals surface area contributed by atoms with Crippen molar-refractivity contribution in [2.24, 2.45) is 5.10 Å². The Bertz CT molecular complexity index is 1490. The van der Waals surface area contributed by atoms with E-state index in [1.807, 2.05) is 6.07 Å². The second kappa shape index (κ2) is 9.79. The van der Waals surface area contributed by atoms with Crippen LogP contribution in [0.25, 0.3) is 6.08 Å². The average Bonchev–Trinajstić information content (AvgIpc) is 3.14. The average molecular weight is 518 g/mol. The highest BCUT2D eigenvalue weighted by Crippen LogP contribution is 2.35. The fraction of sp³-hybridized carbons (Fsp3) is 0.0800. The number of halogens is 6. The van der Waals surface area contributed by atoms with Gasteiger partial charge in [0.25, 0.3) is 5.91 Å². The van der Waals surface area contributed by atoms with E-state index >= 15 is 0 Å². The summed E-state index contributed by atoms with van der Waals surface area (Å²) in [5.74, 6) is -12.0. The lowest BCUT2D eigenvalue weighted by Crippen LogP contribution is -2.25. The molecule has 0 unspecified atom stereocenters. The van der Waals surface area contributed by atoms with E-state index in [1.165, 1.54) is 31.2 Å². The monoisotopic (exact) mass is 517 g/mol. The molecule has 0 aliphatic carbocycles. The number of benzene rings is 3. The lowest BCUT2D eigenvalue weighted by atomic mass is 10.1. The summed E-state index contributed by atoms with van der Waals surface area (Å²) >= 11 is 6.08. The number of anilines is 1. The third-order valence-electron chi connectivity index (χ3n) is 5.25. The summed E-state index contributed by atoms with van der Waals surface area (Å²) in [6.07, 6.45) is 1.27. The zero-order chi connectivity index (χ0) is 26.1. The van der Waals surface area contributed by atoms with Crippen molar-refractivity contribution in [3.63, 3.8) is 0 Å². The van der Waals surface area contributed by atoms with Crippen molar-refractivity contribution in [2.45, 2.75) is 13.5 Å². The van der Waals surface area contributed by atoms with Gasteiger partial charge in [0.1, 0.15) is 18.0 Å². The Balaban J connectivity index is 1.71. The second-order valence-electron chi connectivity index (χ2n) is 7.52. The van der Waals surface area contributed by atoms with E-state index in [-0.39, 0.29) is 39.2 Å². The third-order valence-corrected chi connectivity index (χ3v) is 5.49. The Morgan fingerprint density at radius 1 is 1.03 bits per heavy atom. The number of hydrogen-bond donors (Lipinski definition) is 0. The summed E-state index contributed by atoms with van der Waals surface area (Å²) < 4.78 is 75.2. The quantitative estimate of drug-likeness (QED) is 0.173. The Morgan fingerprint density at radius 2 is 1.67 bits per heavy atom. The summed E-state index contributed by atoms with van der Waals surface area (Å²) in [6, 6.07) is 13.3. The maximum absolute atomic E-state index is 14.3. The van der Waals surface area contributed by atoms with Crippen LogP contribution in [-0.4, -0.2) is 11.6 Å². The van der Waals surface area contributed by atoms with E-state index in [4.69, 9.17) is 16.3 Å². The first kappa shape index (κ1) is 24.9. The predicted molar refractivity (Wildman–Crippen MR) is 122 cm³/mol. The SMILES string of the molecule is CC1=NN(c2c(F)c(F)c(F)c(F)c2F)C(=O)/C1=C\c1cc(Cl)ccc1OCc1ccccc1C#N. The number of carbonyl (C=O) groups excluding carboxylic acids is 1. The molecule has 1 aliphatic heterocycles. The molecule has 0 spiro atoms. The molecule has 0 atom stereocenters. The van der Waals surface area contributed by atoms with Gasteiger partial charge in [-0.15, -0.1) is 0 Å². The van der Waals surface area contributed by atoms with Gasteiger partial charge in [0.05, 0.1) is 22.9 Å². The van der Waals surface area contributed by atoms with Crippen molar-refractivity contribution >= 4 is 35.0 Å². The summed E-state index contributed by atoms with van der Waals surface area (Å²) in [5, 5.41) is 13.3. The molecule has 0 N–H and O–H groups in total. The van der Waals surface area contributed by atoms with E-state index < -0.39 is 40.7 Å². The Kier molecular flexibility index (Phi) is 6.77. The fourth-order valence-corrected chi connectivity index (χ4v) is 3.63. The maximum Gasteiger partial charge on any atom is 0.280 e. The molecule has 0 aromatic heterocycles. The standard InChI is InChI=1S/C25H13ClF5N3O2/c1-12-17(25(35)34(33-12)24-22(30)20(28)19(27)21(29)23(24)31)9-15-8-16(26)6-7-18(15)36-11-14-5-3-2-4-13(14)10-32/h2-9H,11H2,1H3/b17-9-. The van der Waals surface area contributed by atoms with Crippen LogP contribution in [0.3, 0.4) is 0 Å². The molecular weight excluding hydrogens is 505 g/mol. The molecule has 0 fully saturated rings. The number of ether oxygens (including phenoxy) is 1. The third kappa shape index (κ3) is 4.41. The van der Waals surface area contributed by atoms with Gasteiger partial charge in [-0.05, 0) is 37.3 Å². The van der Waals surface area contributed by atoms with Gasteiger partial charge in [0.15, 0.2) is 23.3 Å². The van der Waals surface area contributed by atoms with Crippen LogP contribution in [0.15, 0.2) is 53.1 Å². The number of rotatable bonds is 5. The van der Waals surface area contributed by atoms with Crippen LogP contribution in [0.2, 0.25) is 5.02 Å². The van der Waals surface area contributed by atoms with Crippen molar-refractivity contribution in [3.8, 4) is 11.8 Å². The maximum atomic E-state index is 14.3. The molecule has 1 amide bonds. The van der Waals surface area contributed by atoms with Crippen molar-refractivity contribution in [3.05, 3.63) is 98.8 Å². The highest BCUT2D eigenvalue weighted by atomic mass is 35.5.